The van der Waals surface area contributed by atoms with E-state index in [1.807, 2.05) is 0 Å². The molecule has 0 saturated carbocycles. The molecule has 0 nitrogen and oxygen atoms in total. The van der Waals surface area contributed by atoms with Crippen molar-refractivity contribution in [3.8, 4) is 0 Å². The molecule has 0 radical (unpaired) electrons. The highest BCUT2D eigenvalue weighted by molar-refractivity contribution is 4.52. The van der Waals surface area contributed by atoms with Crippen molar-refractivity contribution in [3.05, 3.63) is 0 Å². The Morgan fingerprint density at radius 2 is 0.0952 bits per heavy atom. The molecule has 0 aromatic carbocycles. The lowest BCUT2D eigenvalue weighted by molar-refractivity contribution is 0.562. The average Bonchev–Trinajstić information content (AvgIpc) is 3.51. The number of hydrogen-bond acceptors (Lipinski definition) is 0. The van der Waals surface area contributed by atoms with Gasteiger partial charge in [-0.2, -0.15) is 0 Å². The maximum atomic E-state index is 2.28. The van der Waals surface area contributed by atoms with Gasteiger partial charge in [0.15, 0.2) is 0 Å². The highest BCUT2D eigenvalue weighted by Gasteiger charge is 1.96. The Balaban J connectivity index is -0.000000165. The van der Waals surface area contributed by atoms with Crippen molar-refractivity contribution in [2.45, 2.75) is 546 Å². The van der Waals surface area contributed by atoms with Gasteiger partial charge in [-0.1, -0.05) is 546 Å². The van der Waals surface area contributed by atoms with E-state index in [4.69, 9.17) is 0 Å². The van der Waals surface area contributed by atoms with Crippen molar-refractivity contribution in [3.63, 3.8) is 0 Å². The summed E-state index contributed by atoms with van der Waals surface area (Å²) >= 11 is 0. The summed E-state index contributed by atoms with van der Waals surface area (Å²) in [5.41, 5.74) is 0. The zero-order chi connectivity index (χ0) is 63.5. The summed E-state index contributed by atoms with van der Waals surface area (Å²) in [4.78, 5) is 0. The normalized spacial score (nSPS) is 10.5. The zero-order valence-corrected chi connectivity index (χ0v) is 63.5. The molecule has 0 N–H and O–H groups in total. The third-order valence-corrected chi connectivity index (χ3v) is 17.2. The summed E-state index contributed by atoms with van der Waals surface area (Å²) in [6.07, 6.45) is 101. The van der Waals surface area contributed by atoms with E-state index in [-0.39, 0.29) is 0 Å². The number of rotatable bonds is 63. The van der Waals surface area contributed by atoms with Gasteiger partial charge in [-0.05, 0) is 0 Å². The molecule has 0 atom stereocenters. The van der Waals surface area contributed by atoms with Crippen LogP contribution in [0.15, 0.2) is 0 Å². The topological polar surface area (TPSA) is 0 Å². The lowest BCUT2D eigenvalue weighted by Crippen LogP contribution is -1.80. The first-order chi connectivity index (χ1) is 41.4. The minimum atomic E-state index is 1.37. The van der Waals surface area contributed by atoms with Crippen molar-refractivity contribution in [2.24, 2.45) is 0 Å². The van der Waals surface area contributed by atoms with E-state index in [1.165, 1.54) is 449 Å². The Bertz CT molecular complexity index is 592. The van der Waals surface area contributed by atoms with Gasteiger partial charge in [-0.25, -0.2) is 0 Å². The lowest BCUT2D eigenvalue weighted by Gasteiger charge is -1.99. The highest BCUT2D eigenvalue weighted by Crippen LogP contribution is 2.16. The molecule has 518 valence electrons. The van der Waals surface area contributed by atoms with Crippen LogP contribution in [-0.2, 0) is 0 Å². The quantitative estimate of drug-likeness (QED) is 0.0533. The van der Waals surface area contributed by atoms with Crippen LogP contribution in [0.4, 0.5) is 0 Å². The monoisotopic (exact) mass is 1190 g/mol. The first-order valence-corrected chi connectivity index (χ1v) is 41.4. The third kappa shape index (κ3) is 136. The summed E-state index contributed by atoms with van der Waals surface area (Å²) in [5, 5.41) is 0. The van der Waals surface area contributed by atoms with Gasteiger partial charge < -0.3 is 0 Å². The molecule has 0 bridgehead atoms. The lowest BCUT2D eigenvalue weighted by atomic mass is 10.1. The van der Waals surface area contributed by atoms with Crippen molar-refractivity contribution >= 4 is 0 Å². The number of unbranched alkanes of at least 4 members (excludes halogenated alkanes) is 63. The molecule has 0 fully saturated rings. The molecule has 0 saturated heterocycles. The van der Waals surface area contributed by atoms with E-state index in [1.54, 1.807) is 0 Å². The van der Waals surface area contributed by atoms with Crippen LogP contribution in [-0.4, -0.2) is 0 Å². The maximum Gasteiger partial charge on any atom is -0.0533 e. The van der Waals surface area contributed by atoms with Gasteiger partial charge in [-0.15, -0.1) is 0 Å². The Morgan fingerprint density at radius 1 is 0.0595 bits per heavy atom. The molecular weight excluding hydrogens is 1010 g/mol. The smallest absolute Gasteiger partial charge is 0.0533 e. The molecule has 0 aliphatic heterocycles. The molecule has 0 heteroatoms. The SMILES string of the molecule is CCCCCCCCCCCC.CCCCCCCCCCCC.CCCCCCCCCCCC.CCCCCCCCCCCC.CCCCCCCCCCCC.CCCCCCCCCCCC.CCCCCCCCCCCC. The Hall–Kier alpha value is 0. The predicted molar refractivity (Wildman–Crippen MR) is 403 cm³/mol. The molecule has 0 aliphatic carbocycles. The fourth-order valence-corrected chi connectivity index (χ4v) is 10.9. The molecule has 0 unspecified atom stereocenters. The Morgan fingerprint density at radius 3 is 0.131 bits per heavy atom. The van der Waals surface area contributed by atoms with Crippen molar-refractivity contribution in [1.82, 2.24) is 0 Å². The van der Waals surface area contributed by atoms with Gasteiger partial charge in [0.2, 0.25) is 0 Å². The van der Waals surface area contributed by atoms with Gasteiger partial charge >= 0.3 is 0 Å². The Kier molecular flexibility index (Phi) is 132. The fourth-order valence-electron chi connectivity index (χ4n) is 10.9. The van der Waals surface area contributed by atoms with Crippen LogP contribution in [0.1, 0.15) is 546 Å². The average molecular weight is 1190 g/mol. The molecule has 0 aromatic heterocycles. The zero-order valence-electron chi connectivity index (χ0n) is 63.5. The maximum absolute atomic E-state index is 2.28. The summed E-state index contributed by atoms with van der Waals surface area (Å²) in [7, 11) is 0. The second kappa shape index (κ2) is 114. The van der Waals surface area contributed by atoms with Gasteiger partial charge in [-0.3, -0.25) is 0 Å². The van der Waals surface area contributed by atoms with Crippen LogP contribution < -0.4 is 0 Å². The number of hydrogen-bond donors (Lipinski definition) is 0. The largest absolute Gasteiger partial charge is 0.0654 e. The van der Waals surface area contributed by atoms with Crippen LogP contribution in [0, 0.1) is 0 Å². The predicted octanol–water partition coefficient (Wildman–Crippen LogP) is 34.5. The van der Waals surface area contributed by atoms with Crippen molar-refractivity contribution < 1.29 is 0 Å². The van der Waals surface area contributed by atoms with Crippen LogP contribution in [0.2, 0.25) is 0 Å². The molecule has 0 heterocycles. The van der Waals surface area contributed by atoms with E-state index in [9.17, 15) is 0 Å². The van der Waals surface area contributed by atoms with Crippen LogP contribution in [0.3, 0.4) is 0 Å². The second-order valence-corrected chi connectivity index (χ2v) is 26.8. The first-order valence-electron chi connectivity index (χ1n) is 41.4. The van der Waals surface area contributed by atoms with Crippen LogP contribution in [0.5, 0.6) is 0 Å². The summed E-state index contributed by atoms with van der Waals surface area (Å²) in [5.74, 6) is 0. The minimum absolute atomic E-state index is 1.37. The molecule has 0 spiro atoms. The van der Waals surface area contributed by atoms with Gasteiger partial charge in [0, 0.05) is 0 Å². The van der Waals surface area contributed by atoms with E-state index in [0.717, 1.165) is 0 Å². The van der Waals surface area contributed by atoms with E-state index >= 15 is 0 Å². The molecule has 0 rings (SSSR count). The fraction of sp³-hybridized carbons (Fsp3) is 1.00. The molecule has 84 heavy (non-hydrogen) atoms. The molecule has 0 aromatic rings. The van der Waals surface area contributed by atoms with Gasteiger partial charge in [0.25, 0.3) is 0 Å². The first kappa shape index (κ1) is 97.6. The summed E-state index contributed by atoms with van der Waals surface area (Å²) in [6.45, 7) is 31.9. The van der Waals surface area contributed by atoms with Crippen molar-refractivity contribution in [2.75, 3.05) is 0 Å². The highest BCUT2D eigenvalue weighted by atomic mass is 14.0. The van der Waals surface area contributed by atoms with Crippen LogP contribution >= 0.6 is 0 Å². The van der Waals surface area contributed by atoms with Gasteiger partial charge in [0.05, 0.1) is 0 Å². The standard InChI is InChI=1S/7C12H26/c7*1-3-5-7-9-11-12-10-8-6-4-2/h7*3-12H2,1-2H3. The third-order valence-electron chi connectivity index (χ3n) is 17.2. The molecule has 0 aliphatic rings. The summed E-state index contributed by atoms with van der Waals surface area (Å²) < 4.78 is 0. The van der Waals surface area contributed by atoms with E-state index in [2.05, 4.69) is 96.9 Å². The van der Waals surface area contributed by atoms with E-state index < -0.39 is 0 Å². The summed E-state index contributed by atoms with van der Waals surface area (Å²) in [6, 6.07) is 0. The second-order valence-electron chi connectivity index (χ2n) is 26.8. The van der Waals surface area contributed by atoms with Crippen molar-refractivity contribution in [1.29, 1.82) is 0 Å². The van der Waals surface area contributed by atoms with Crippen LogP contribution in [0.25, 0.3) is 0 Å². The molecular formula is C84H182. The molecule has 0 amide bonds. The Labute approximate surface area is 543 Å². The minimum Gasteiger partial charge on any atom is -0.0654 e. The van der Waals surface area contributed by atoms with E-state index in [0.29, 0.717) is 0 Å². The van der Waals surface area contributed by atoms with Gasteiger partial charge in [0.1, 0.15) is 0 Å².